The number of nitrogens with one attached hydrogen (secondary N) is 1. The van der Waals surface area contributed by atoms with Gasteiger partial charge in [-0.3, -0.25) is 4.79 Å². The topological polar surface area (TPSA) is 95.3 Å². The largest absolute Gasteiger partial charge is 0.486 e. The van der Waals surface area contributed by atoms with E-state index < -0.39 is 11.8 Å². The molecule has 0 aliphatic heterocycles. The van der Waals surface area contributed by atoms with Gasteiger partial charge < -0.3 is 19.4 Å². The van der Waals surface area contributed by atoms with Crippen LogP contribution < -0.4 is 10.1 Å². The van der Waals surface area contributed by atoms with Crippen molar-refractivity contribution in [1.29, 1.82) is 0 Å². The highest BCUT2D eigenvalue weighted by Crippen LogP contribution is 2.30. The minimum atomic E-state index is -0.523. The van der Waals surface area contributed by atoms with E-state index in [2.05, 4.69) is 15.5 Å². The Kier molecular flexibility index (Phi) is 9.31. The Hall–Kier alpha value is -2.63. The maximum absolute atomic E-state index is 13.3. The standard InChI is InChI=1S/C22H24ClFN4O4S2/c1-4-14-10-15(21(30)31-6-3)20(34-14)25-19(29)12-33-22-27-26-18(28(22)5-2)11-32-13-7-8-17(24)16(23)9-13/h7-10H,4-6,11-12H2,1-3H3,(H,25,29). The number of carbonyl (C=O) groups excluding carboxylic acids is 2. The normalized spacial score (nSPS) is 10.9. The number of ether oxygens (including phenoxy) is 2. The first-order valence-corrected chi connectivity index (χ1v) is 12.8. The number of halogens is 2. The molecule has 0 saturated heterocycles. The van der Waals surface area contributed by atoms with Crippen molar-refractivity contribution in [2.75, 3.05) is 17.7 Å². The second-order valence-electron chi connectivity index (χ2n) is 6.87. The molecule has 0 spiro atoms. The average molecular weight is 527 g/mol. The molecule has 12 heteroatoms. The minimum absolute atomic E-state index is 0.0281. The minimum Gasteiger partial charge on any atom is -0.486 e. The first-order chi connectivity index (χ1) is 16.4. The SMILES string of the molecule is CCOC(=O)c1cc(CC)sc1NC(=O)CSc1nnc(COc2ccc(F)c(Cl)c2)n1CC. The number of hydrogen-bond acceptors (Lipinski definition) is 8. The van der Waals surface area contributed by atoms with Crippen LogP contribution in [-0.4, -0.2) is 39.0 Å². The molecule has 2 heterocycles. The molecule has 3 rings (SSSR count). The van der Waals surface area contributed by atoms with E-state index in [1.807, 2.05) is 18.4 Å². The number of thiophene rings is 1. The number of anilines is 1. The summed E-state index contributed by atoms with van der Waals surface area (Å²) >= 11 is 8.36. The van der Waals surface area contributed by atoms with Crippen molar-refractivity contribution in [2.45, 2.75) is 45.5 Å². The van der Waals surface area contributed by atoms with Gasteiger partial charge in [0.2, 0.25) is 5.91 Å². The van der Waals surface area contributed by atoms with Crippen LogP contribution in [0, 0.1) is 5.82 Å². The molecule has 0 radical (unpaired) electrons. The van der Waals surface area contributed by atoms with Crippen LogP contribution in [0.1, 0.15) is 41.8 Å². The molecule has 0 unspecified atom stereocenters. The summed E-state index contributed by atoms with van der Waals surface area (Å²) in [5.41, 5.74) is 0.360. The maximum atomic E-state index is 13.3. The van der Waals surface area contributed by atoms with Gasteiger partial charge in [0.25, 0.3) is 0 Å². The molecular formula is C22H24ClFN4O4S2. The van der Waals surface area contributed by atoms with Crippen LogP contribution in [0.25, 0.3) is 0 Å². The molecule has 182 valence electrons. The van der Waals surface area contributed by atoms with Crippen LogP contribution in [-0.2, 0) is 29.1 Å². The summed E-state index contributed by atoms with van der Waals surface area (Å²) in [5, 5.41) is 12.1. The van der Waals surface area contributed by atoms with E-state index in [1.54, 1.807) is 13.0 Å². The average Bonchev–Trinajstić information content (AvgIpc) is 3.41. The van der Waals surface area contributed by atoms with Gasteiger partial charge in [0.15, 0.2) is 11.0 Å². The number of amides is 1. The van der Waals surface area contributed by atoms with Crippen LogP contribution in [0.3, 0.4) is 0 Å². The van der Waals surface area contributed by atoms with Crippen molar-refractivity contribution >= 4 is 51.6 Å². The number of nitrogens with zero attached hydrogens (tertiary/aromatic N) is 3. The highest BCUT2D eigenvalue weighted by Gasteiger charge is 2.20. The van der Waals surface area contributed by atoms with Gasteiger partial charge in [0.1, 0.15) is 23.2 Å². The summed E-state index contributed by atoms with van der Waals surface area (Å²) in [5.74, 6) is -0.213. The summed E-state index contributed by atoms with van der Waals surface area (Å²) in [6.45, 7) is 6.57. The predicted molar refractivity (Wildman–Crippen MR) is 130 cm³/mol. The molecule has 3 aromatic rings. The molecule has 0 saturated carbocycles. The van der Waals surface area contributed by atoms with Gasteiger partial charge in [-0.2, -0.15) is 0 Å². The fourth-order valence-corrected chi connectivity index (χ4v) is 4.92. The molecule has 0 atom stereocenters. The van der Waals surface area contributed by atoms with E-state index in [4.69, 9.17) is 21.1 Å². The van der Waals surface area contributed by atoms with Crippen molar-refractivity contribution in [3.63, 3.8) is 0 Å². The second-order valence-corrected chi connectivity index (χ2v) is 9.36. The van der Waals surface area contributed by atoms with Crippen LogP contribution in [0.2, 0.25) is 5.02 Å². The third-order valence-corrected chi connectivity index (χ3v) is 7.03. The number of carbonyl (C=O) groups is 2. The third-order valence-electron chi connectivity index (χ3n) is 4.58. The molecule has 8 nitrogen and oxygen atoms in total. The first-order valence-electron chi connectivity index (χ1n) is 10.6. The molecular weight excluding hydrogens is 503 g/mol. The Labute approximate surface area is 209 Å². The lowest BCUT2D eigenvalue weighted by atomic mass is 10.2. The second kappa shape index (κ2) is 12.2. The van der Waals surface area contributed by atoms with Gasteiger partial charge in [0, 0.05) is 17.5 Å². The summed E-state index contributed by atoms with van der Waals surface area (Å²) in [6, 6.07) is 5.85. The summed E-state index contributed by atoms with van der Waals surface area (Å²) in [7, 11) is 0. The lowest BCUT2D eigenvalue weighted by Crippen LogP contribution is -2.16. The van der Waals surface area contributed by atoms with Gasteiger partial charge in [-0.1, -0.05) is 30.3 Å². The molecule has 0 bridgehead atoms. The van der Waals surface area contributed by atoms with E-state index in [9.17, 15) is 14.0 Å². The number of thioether (sulfide) groups is 1. The maximum Gasteiger partial charge on any atom is 0.341 e. The fourth-order valence-electron chi connectivity index (χ4n) is 2.93. The molecule has 0 aliphatic rings. The predicted octanol–water partition coefficient (Wildman–Crippen LogP) is 5.20. The van der Waals surface area contributed by atoms with Crippen molar-refractivity contribution in [3.8, 4) is 5.75 Å². The number of rotatable bonds is 11. The van der Waals surface area contributed by atoms with Crippen molar-refractivity contribution in [3.05, 3.63) is 51.4 Å². The lowest BCUT2D eigenvalue weighted by Gasteiger charge is -2.09. The molecule has 1 N–H and O–H groups in total. The van der Waals surface area contributed by atoms with Gasteiger partial charge in [-0.15, -0.1) is 21.5 Å². The van der Waals surface area contributed by atoms with E-state index >= 15 is 0 Å². The Morgan fingerprint density at radius 2 is 2.03 bits per heavy atom. The molecule has 1 amide bonds. The molecule has 34 heavy (non-hydrogen) atoms. The van der Waals surface area contributed by atoms with Gasteiger partial charge in [-0.05, 0) is 38.5 Å². The number of hydrogen-bond donors (Lipinski definition) is 1. The van der Waals surface area contributed by atoms with Gasteiger partial charge in [-0.25, -0.2) is 9.18 Å². The van der Waals surface area contributed by atoms with Crippen LogP contribution >= 0.6 is 34.7 Å². The Balaban J connectivity index is 1.62. The quantitative estimate of drug-likeness (QED) is 0.271. The van der Waals surface area contributed by atoms with Crippen LogP contribution in [0.4, 0.5) is 9.39 Å². The van der Waals surface area contributed by atoms with E-state index in [0.717, 1.165) is 11.3 Å². The van der Waals surface area contributed by atoms with Crippen LogP contribution in [0.5, 0.6) is 5.75 Å². The summed E-state index contributed by atoms with van der Waals surface area (Å²) < 4.78 is 25.9. The zero-order valence-electron chi connectivity index (χ0n) is 18.9. The van der Waals surface area contributed by atoms with Crippen LogP contribution in [0.15, 0.2) is 29.4 Å². The molecule has 1 aromatic carbocycles. The monoisotopic (exact) mass is 526 g/mol. The molecule has 2 aromatic heterocycles. The van der Waals surface area contributed by atoms with Crippen molar-refractivity contribution in [1.82, 2.24) is 14.8 Å². The third kappa shape index (κ3) is 6.49. The number of esters is 1. The Morgan fingerprint density at radius 1 is 1.24 bits per heavy atom. The summed E-state index contributed by atoms with van der Waals surface area (Å²) in [6.07, 6.45) is 0.746. The van der Waals surface area contributed by atoms with Crippen molar-refractivity contribution < 1.29 is 23.5 Å². The number of aryl methyl sites for hydroxylation is 1. The van der Waals surface area contributed by atoms with E-state index in [1.165, 1.54) is 41.3 Å². The molecule has 0 aliphatic carbocycles. The smallest absolute Gasteiger partial charge is 0.341 e. The lowest BCUT2D eigenvalue weighted by molar-refractivity contribution is -0.113. The Bertz CT molecular complexity index is 1170. The van der Waals surface area contributed by atoms with Crippen molar-refractivity contribution in [2.24, 2.45) is 0 Å². The van der Waals surface area contributed by atoms with E-state index in [0.29, 0.717) is 33.8 Å². The number of aromatic nitrogens is 3. The zero-order chi connectivity index (χ0) is 24.7. The zero-order valence-corrected chi connectivity index (χ0v) is 21.3. The summed E-state index contributed by atoms with van der Waals surface area (Å²) in [4.78, 5) is 25.8. The molecule has 0 fully saturated rings. The van der Waals surface area contributed by atoms with E-state index in [-0.39, 0.29) is 29.9 Å². The Morgan fingerprint density at radius 3 is 2.71 bits per heavy atom. The number of benzene rings is 1. The van der Waals surface area contributed by atoms with Gasteiger partial charge >= 0.3 is 5.97 Å². The fraction of sp³-hybridized carbons (Fsp3) is 0.364. The van der Waals surface area contributed by atoms with Gasteiger partial charge in [0.05, 0.1) is 22.9 Å². The highest BCUT2D eigenvalue weighted by atomic mass is 35.5. The first kappa shape index (κ1) is 26.0. The highest BCUT2D eigenvalue weighted by molar-refractivity contribution is 7.99.